The van der Waals surface area contributed by atoms with E-state index in [-0.39, 0.29) is 0 Å². The number of nitrogens with zero attached hydrogens (tertiary/aromatic N) is 2. The second kappa shape index (κ2) is 7.62. The van der Waals surface area contributed by atoms with E-state index in [9.17, 15) is 0 Å². The van der Waals surface area contributed by atoms with Crippen molar-refractivity contribution in [1.82, 2.24) is 9.97 Å². The first-order valence-electron chi connectivity index (χ1n) is 13.2. The van der Waals surface area contributed by atoms with Crippen LogP contribution < -0.4 is 0 Å². The highest BCUT2D eigenvalue weighted by molar-refractivity contribution is 6.37. The number of furan rings is 1. The van der Waals surface area contributed by atoms with Crippen LogP contribution in [-0.4, -0.2) is 9.97 Å². The number of fused-ring (bicyclic) bond motifs is 6. The average Bonchev–Trinajstić information content (AvgIpc) is 3.41. The van der Waals surface area contributed by atoms with Crippen LogP contribution in [0.2, 0.25) is 0 Å². The third-order valence-electron chi connectivity index (χ3n) is 7.99. The van der Waals surface area contributed by atoms with Crippen molar-refractivity contribution >= 4 is 65.3 Å². The van der Waals surface area contributed by atoms with Crippen molar-refractivity contribution in [1.29, 1.82) is 0 Å². The lowest BCUT2D eigenvalue weighted by Crippen LogP contribution is -1.96. The SMILES string of the molecule is c1ccc(-c2nc3ccccc3nc2-c2ccc3c4ccccc4c4cc5ccccc5c5oc2c3c45)cc1. The van der Waals surface area contributed by atoms with Gasteiger partial charge >= 0.3 is 0 Å². The Morgan fingerprint density at radius 3 is 1.85 bits per heavy atom. The van der Waals surface area contributed by atoms with Gasteiger partial charge in [-0.15, -0.1) is 0 Å². The van der Waals surface area contributed by atoms with Crippen LogP contribution in [0, 0.1) is 0 Å². The number of hydrogen-bond donors (Lipinski definition) is 0. The van der Waals surface area contributed by atoms with E-state index >= 15 is 0 Å². The summed E-state index contributed by atoms with van der Waals surface area (Å²) in [7, 11) is 0. The largest absolute Gasteiger partial charge is 0.455 e. The fraction of sp³-hybridized carbons (Fsp3) is 0. The molecule has 9 rings (SSSR count). The average molecular weight is 497 g/mol. The van der Waals surface area contributed by atoms with Crippen LogP contribution in [0.4, 0.5) is 0 Å². The predicted octanol–water partition coefficient (Wildman–Crippen LogP) is 9.76. The Labute approximate surface area is 223 Å². The Bertz CT molecular complexity index is 2390. The molecule has 0 spiro atoms. The van der Waals surface area contributed by atoms with Gasteiger partial charge in [0.15, 0.2) is 0 Å². The van der Waals surface area contributed by atoms with Crippen molar-refractivity contribution < 1.29 is 4.42 Å². The maximum atomic E-state index is 6.92. The molecular weight excluding hydrogens is 476 g/mol. The van der Waals surface area contributed by atoms with Crippen molar-refractivity contribution in [2.24, 2.45) is 0 Å². The highest BCUT2D eigenvalue weighted by Crippen LogP contribution is 2.48. The minimum atomic E-state index is 0.829. The molecule has 0 aliphatic carbocycles. The molecule has 0 amide bonds. The highest BCUT2D eigenvalue weighted by atomic mass is 16.3. The third kappa shape index (κ3) is 2.82. The van der Waals surface area contributed by atoms with Crippen molar-refractivity contribution in [3.63, 3.8) is 0 Å². The summed E-state index contributed by atoms with van der Waals surface area (Å²) in [6.07, 6.45) is 0. The molecule has 180 valence electrons. The second-order valence-electron chi connectivity index (χ2n) is 10.1. The van der Waals surface area contributed by atoms with Crippen molar-refractivity contribution in [3.05, 3.63) is 121 Å². The van der Waals surface area contributed by atoms with Gasteiger partial charge in [-0.1, -0.05) is 97.1 Å². The monoisotopic (exact) mass is 496 g/mol. The molecule has 2 aromatic heterocycles. The number of benzene rings is 7. The van der Waals surface area contributed by atoms with Crippen LogP contribution in [0.25, 0.3) is 87.8 Å². The molecule has 9 aromatic rings. The Balaban J connectivity index is 1.50. The molecule has 0 aliphatic rings. The molecule has 0 fully saturated rings. The summed E-state index contributed by atoms with van der Waals surface area (Å²) < 4.78 is 6.92. The zero-order valence-corrected chi connectivity index (χ0v) is 20.8. The van der Waals surface area contributed by atoms with Crippen molar-refractivity contribution in [2.75, 3.05) is 0 Å². The number of aromatic nitrogens is 2. The highest BCUT2D eigenvalue weighted by Gasteiger charge is 2.24. The molecule has 0 radical (unpaired) electrons. The molecule has 7 aromatic carbocycles. The Kier molecular flexibility index (Phi) is 4.05. The number of hydrogen-bond acceptors (Lipinski definition) is 3. The lowest BCUT2D eigenvalue weighted by atomic mass is 9.90. The first-order chi connectivity index (χ1) is 19.3. The van der Waals surface area contributed by atoms with Gasteiger partial charge in [0, 0.05) is 27.3 Å². The van der Waals surface area contributed by atoms with E-state index in [2.05, 4.69) is 78.9 Å². The summed E-state index contributed by atoms with van der Waals surface area (Å²) in [4.78, 5) is 10.3. The summed E-state index contributed by atoms with van der Waals surface area (Å²) in [5, 5.41) is 9.51. The van der Waals surface area contributed by atoms with Crippen LogP contribution in [0.3, 0.4) is 0 Å². The maximum Gasteiger partial charge on any atom is 0.145 e. The van der Waals surface area contributed by atoms with E-state index in [1.165, 1.54) is 32.3 Å². The zero-order valence-electron chi connectivity index (χ0n) is 20.8. The molecule has 2 heterocycles. The first kappa shape index (κ1) is 20.7. The first-order valence-corrected chi connectivity index (χ1v) is 13.2. The molecule has 0 saturated heterocycles. The summed E-state index contributed by atoms with van der Waals surface area (Å²) in [6.45, 7) is 0. The fourth-order valence-corrected chi connectivity index (χ4v) is 6.27. The van der Waals surface area contributed by atoms with Crippen LogP contribution in [0.15, 0.2) is 126 Å². The lowest BCUT2D eigenvalue weighted by molar-refractivity contribution is 0.674. The summed E-state index contributed by atoms with van der Waals surface area (Å²) in [5.74, 6) is 0. The van der Waals surface area contributed by atoms with Gasteiger partial charge in [0.2, 0.25) is 0 Å². The van der Waals surface area contributed by atoms with Gasteiger partial charge < -0.3 is 4.42 Å². The topological polar surface area (TPSA) is 38.9 Å². The van der Waals surface area contributed by atoms with E-state index < -0.39 is 0 Å². The smallest absolute Gasteiger partial charge is 0.145 e. The Morgan fingerprint density at radius 2 is 1.05 bits per heavy atom. The van der Waals surface area contributed by atoms with Gasteiger partial charge in [-0.25, -0.2) is 9.97 Å². The molecule has 3 heteroatoms. The minimum Gasteiger partial charge on any atom is -0.455 e. The molecule has 0 unspecified atom stereocenters. The van der Waals surface area contributed by atoms with Crippen LogP contribution >= 0.6 is 0 Å². The number of para-hydroxylation sites is 2. The van der Waals surface area contributed by atoms with Gasteiger partial charge in [-0.05, 0) is 51.2 Å². The van der Waals surface area contributed by atoms with Gasteiger partial charge in [-0.2, -0.15) is 0 Å². The lowest BCUT2D eigenvalue weighted by Gasteiger charge is -2.13. The molecule has 0 aliphatic heterocycles. The molecular formula is C36H20N2O. The molecule has 0 saturated carbocycles. The molecule has 0 bridgehead atoms. The van der Waals surface area contributed by atoms with E-state index in [0.717, 1.165) is 55.5 Å². The van der Waals surface area contributed by atoms with E-state index in [4.69, 9.17) is 14.4 Å². The predicted molar refractivity (Wildman–Crippen MR) is 161 cm³/mol. The fourth-order valence-electron chi connectivity index (χ4n) is 6.27. The van der Waals surface area contributed by atoms with E-state index in [1.54, 1.807) is 0 Å². The zero-order chi connectivity index (χ0) is 25.5. The normalized spacial score (nSPS) is 12.1. The Hall–Kier alpha value is -5.28. The molecule has 39 heavy (non-hydrogen) atoms. The second-order valence-corrected chi connectivity index (χ2v) is 10.1. The van der Waals surface area contributed by atoms with Gasteiger partial charge in [0.05, 0.1) is 16.7 Å². The van der Waals surface area contributed by atoms with Crippen LogP contribution in [0.5, 0.6) is 0 Å². The molecule has 0 atom stereocenters. The van der Waals surface area contributed by atoms with Crippen molar-refractivity contribution in [3.8, 4) is 22.5 Å². The van der Waals surface area contributed by atoms with Gasteiger partial charge in [0.25, 0.3) is 0 Å². The summed E-state index contributed by atoms with van der Waals surface area (Å²) in [5.41, 5.74) is 7.19. The quantitative estimate of drug-likeness (QED) is 0.177. The van der Waals surface area contributed by atoms with Crippen LogP contribution in [0.1, 0.15) is 0 Å². The minimum absolute atomic E-state index is 0.829. The summed E-state index contributed by atoms with van der Waals surface area (Å²) in [6, 6.07) is 42.2. The van der Waals surface area contributed by atoms with E-state index in [0.29, 0.717) is 0 Å². The van der Waals surface area contributed by atoms with E-state index in [1.807, 2.05) is 42.5 Å². The molecule has 0 N–H and O–H groups in total. The maximum absolute atomic E-state index is 6.92. The molecule has 3 nitrogen and oxygen atoms in total. The van der Waals surface area contributed by atoms with Gasteiger partial charge in [-0.3, -0.25) is 0 Å². The Morgan fingerprint density at radius 1 is 0.436 bits per heavy atom. The number of rotatable bonds is 2. The van der Waals surface area contributed by atoms with Crippen molar-refractivity contribution in [2.45, 2.75) is 0 Å². The third-order valence-corrected chi connectivity index (χ3v) is 7.99. The summed E-state index contributed by atoms with van der Waals surface area (Å²) >= 11 is 0. The van der Waals surface area contributed by atoms with Crippen LogP contribution in [-0.2, 0) is 0 Å². The van der Waals surface area contributed by atoms with Gasteiger partial charge in [0.1, 0.15) is 16.9 Å². The standard InChI is InChI=1S/C36H20N2O/c1-2-10-21(11-3-1)33-34(38-30-17-9-8-16-29(30)37-33)27-19-18-26-24-14-6-7-15-25(24)28-20-22-12-4-5-13-23(22)35-32(28)31(26)36(27)39-35/h1-20H.